The van der Waals surface area contributed by atoms with Crippen LogP contribution in [-0.2, 0) is 23.3 Å². The lowest BCUT2D eigenvalue weighted by molar-refractivity contribution is 0.563. The van der Waals surface area contributed by atoms with Gasteiger partial charge in [0.25, 0.3) is 0 Å². The third-order valence-corrected chi connectivity index (χ3v) is 3.47. The summed E-state index contributed by atoms with van der Waals surface area (Å²) in [5.41, 5.74) is 2.07. The molecule has 0 spiro atoms. The average Bonchev–Trinajstić information content (AvgIpc) is 2.10. The maximum absolute atomic E-state index is 10.6. The Hall–Kier alpha value is 0.290. The summed E-state index contributed by atoms with van der Waals surface area (Å²) < 4.78 is 20.3. The van der Waals surface area contributed by atoms with Gasteiger partial charge in [-0.2, -0.15) is 0 Å². The van der Waals surface area contributed by atoms with Gasteiger partial charge in [0, 0.05) is 9.80 Å². The van der Waals surface area contributed by atoms with E-state index < -0.39 is 11.1 Å². The fraction of sp³-hybridized carbons (Fsp3) is 0.333. The first-order valence-corrected chi connectivity index (χ1v) is 7.23. The molecule has 0 amide bonds. The van der Waals surface area contributed by atoms with Crippen LogP contribution in [0.1, 0.15) is 11.1 Å². The van der Waals surface area contributed by atoms with Gasteiger partial charge in [0.15, 0.2) is 11.1 Å². The number of rotatable bonds is 4. The van der Waals surface area contributed by atoms with Gasteiger partial charge in [-0.05, 0) is 23.6 Å². The van der Waals surface area contributed by atoms with Crippen LogP contribution in [-0.4, -0.2) is 14.1 Å². The van der Waals surface area contributed by atoms with Crippen LogP contribution in [0.5, 0.6) is 0 Å². The van der Waals surface area contributed by atoms with Gasteiger partial charge in [0.2, 0.25) is 0 Å². The van der Waals surface area contributed by atoms with E-state index in [1.807, 2.05) is 18.2 Å². The summed E-state index contributed by atoms with van der Waals surface area (Å²) in [6.45, 7) is 0. The SMILES string of the molecule is O=S(O)Cc1ccc(CCBr)cc1Br. The van der Waals surface area contributed by atoms with Crippen LogP contribution < -0.4 is 0 Å². The highest BCUT2D eigenvalue weighted by Gasteiger charge is 2.04. The van der Waals surface area contributed by atoms with Gasteiger partial charge < -0.3 is 4.55 Å². The van der Waals surface area contributed by atoms with E-state index in [4.69, 9.17) is 4.55 Å². The lowest BCUT2D eigenvalue weighted by Crippen LogP contribution is -1.95. The molecule has 0 aliphatic rings. The highest BCUT2D eigenvalue weighted by Crippen LogP contribution is 2.20. The molecule has 0 fully saturated rings. The maximum atomic E-state index is 10.6. The molecule has 14 heavy (non-hydrogen) atoms. The van der Waals surface area contributed by atoms with Crippen molar-refractivity contribution in [3.8, 4) is 0 Å². The predicted octanol–water partition coefficient (Wildman–Crippen LogP) is 3.11. The van der Waals surface area contributed by atoms with Gasteiger partial charge in [0.1, 0.15) is 0 Å². The van der Waals surface area contributed by atoms with E-state index in [-0.39, 0.29) is 5.75 Å². The summed E-state index contributed by atoms with van der Waals surface area (Å²) >= 11 is 4.97. The summed E-state index contributed by atoms with van der Waals surface area (Å²) in [7, 11) is 0. The van der Waals surface area contributed by atoms with Crippen molar-refractivity contribution >= 4 is 42.9 Å². The minimum atomic E-state index is -1.78. The van der Waals surface area contributed by atoms with Crippen LogP contribution in [0, 0.1) is 0 Å². The van der Waals surface area contributed by atoms with E-state index in [9.17, 15) is 4.21 Å². The summed E-state index contributed by atoms with van der Waals surface area (Å²) in [6, 6.07) is 5.86. The second-order valence-electron chi connectivity index (χ2n) is 2.83. The summed E-state index contributed by atoms with van der Waals surface area (Å²) in [5.74, 6) is 0.176. The minimum Gasteiger partial charge on any atom is -0.306 e. The van der Waals surface area contributed by atoms with Gasteiger partial charge in [-0.3, -0.25) is 0 Å². The number of halogens is 2. The molecule has 1 N–H and O–H groups in total. The molecule has 2 nitrogen and oxygen atoms in total. The van der Waals surface area contributed by atoms with E-state index in [2.05, 4.69) is 31.9 Å². The van der Waals surface area contributed by atoms with E-state index >= 15 is 0 Å². The van der Waals surface area contributed by atoms with Crippen LogP contribution in [0.15, 0.2) is 22.7 Å². The second kappa shape index (κ2) is 6.00. The first-order valence-electron chi connectivity index (χ1n) is 4.04. The van der Waals surface area contributed by atoms with Gasteiger partial charge >= 0.3 is 0 Å². The molecule has 78 valence electrons. The van der Waals surface area contributed by atoms with Gasteiger partial charge in [-0.15, -0.1) is 0 Å². The molecule has 0 bridgehead atoms. The quantitative estimate of drug-likeness (QED) is 0.675. The van der Waals surface area contributed by atoms with Gasteiger partial charge in [-0.25, -0.2) is 4.21 Å². The third kappa shape index (κ3) is 3.81. The van der Waals surface area contributed by atoms with Gasteiger partial charge in [-0.1, -0.05) is 44.0 Å². The fourth-order valence-electron chi connectivity index (χ4n) is 1.11. The molecule has 1 aromatic rings. The predicted molar refractivity (Wildman–Crippen MR) is 66.1 cm³/mol. The lowest BCUT2D eigenvalue weighted by Gasteiger charge is -2.04. The van der Waals surface area contributed by atoms with Crippen molar-refractivity contribution in [1.29, 1.82) is 0 Å². The van der Waals surface area contributed by atoms with Crippen LogP contribution in [0.4, 0.5) is 0 Å². The monoisotopic (exact) mass is 340 g/mol. The van der Waals surface area contributed by atoms with Crippen LogP contribution in [0.2, 0.25) is 0 Å². The first kappa shape index (κ1) is 12.4. The Balaban J connectivity index is 2.84. The number of aryl methyl sites for hydroxylation is 1. The smallest absolute Gasteiger partial charge is 0.157 e. The number of hydrogen-bond donors (Lipinski definition) is 1. The van der Waals surface area contributed by atoms with Crippen molar-refractivity contribution in [3.05, 3.63) is 33.8 Å². The maximum Gasteiger partial charge on any atom is 0.157 e. The van der Waals surface area contributed by atoms with Crippen molar-refractivity contribution in [1.82, 2.24) is 0 Å². The third-order valence-electron chi connectivity index (χ3n) is 1.78. The zero-order valence-corrected chi connectivity index (χ0v) is 11.4. The summed E-state index contributed by atoms with van der Waals surface area (Å²) in [6.07, 6.45) is 0.959. The lowest BCUT2D eigenvalue weighted by atomic mass is 10.1. The molecular weight excluding hydrogens is 332 g/mol. The van der Waals surface area contributed by atoms with E-state index in [1.54, 1.807) is 0 Å². The molecule has 0 saturated carbocycles. The van der Waals surface area contributed by atoms with E-state index in [0.717, 1.165) is 21.8 Å². The molecule has 5 heteroatoms. The Bertz CT molecular complexity index is 342. The molecule has 0 aromatic heterocycles. The largest absolute Gasteiger partial charge is 0.306 e. The van der Waals surface area contributed by atoms with Crippen LogP contribution in [0.3, 0.4) is 0 Å². The molecule has 1 aromatic carbocycles. The highest BCUT2D eigenvalue weighted by molar-refractivity contribution is 9.10. The van der Waals surface area contributed by atoms with Gasteiger partial charge in [0.05, 0.1) is 5.75 Å². The van der Waals surface area contributed by atoms with Crippen LogP contribution in [0.25, 0.3) is 0 Å². The zero-order chi connectivity index (χ0) is 10.6. The molecule has 1 rings (SSSR count). The molecule has 0 aliphatic carbocycles. The second-order valence-corrected chi connectivity index (χ2v) is 5.41. The van der Waals surface area contributed by atoms with E-state index in [1.165, 1.54) is 5.56 Å². The van der Waals surface area contributed by atoms with Crippen molar-refractivity contribution in [3.63, 3.8) is 0 Å². The molecular formula is C9H10Br2O2S. The first-order chi connectivity index (χ1) is 6.63. The Morgan fingerprint density at radius 2 is 2.14 bits per heavy atom. The minimum absolute atomic E-state index is 0.176. The molecule has 1 atom stereocenters. The number of alkyl halides is 1. The zero-order valence-electron chi connectivity index (χ0n) is 7.37. The molecule has 0 saturated heterocycles. The van der Waals surface area contributed by atoms with Crippen molar-refractivity contribution in [2.75, 3.05) is 5.33 Å². The average molecular weight is 342 g/mol. The molecule has 0 aliphatic heterocycles. The van der Waals surface area contributed by atoms with E-state index in [0.29, 0.717) is 0 Å². The molecule has 1 unspecified atom stereocenters. The Morgan fingerprint density at radius 3 is 2.64 bits per heavy atom. The number of hydrogen-bond acceptors (Lipinski definition) is 1. The Morgan fingerprint density at radius 1 is 1.43 bits per heavy atom. The topological polar surface area (TPSA) is 37.3 Å². The Kier molecular flexibility index (Phi) is 5.30. The molecule has 0 heterocycles. The van der Waals surface area contributed by atoms with Crippen molar-refractivity contribution < 1.29 is 8.76 Å². The normalized spacial score (nSPS) is 12.8. The van der Waals surface area contributed by atoms with Crippen molar-refractivity contribution in [2.24, 2.45) is 0 Å². The summed E-state index contributed by atoms with van der Waals surface area (Å²) in [4.78, 5) is 0. The summed E-state index contributed by atoms with van der Waals surface area (Å²) in [5, 5.41) is 0.921. The highest BCUT2D eigenvalue weighted by atomic mass is 79.9. The Labute approximate surface area is 103 Å². The number of benzene rings is 1. The standard InChI is InChI=1S/C9H10Br2O2S/c10-4-3-7-1-2-8(6-14(12)13)9(11)5-7/h1-2,5H,3-4,6H2,(H,12,13). The van der Waals surface area contributed by atoms with Crippen molar-refractivity contribution in [2.45, 2.75) is 12.2 Å². The molecule has 0 radical (unpaired) electrons. The van der Waals surface area contributed by atoms with Crippen LogP contribution >= 0.6 is 31.9 Å². The fourth-order valence-corrected chi connectivity index (χ4v) is 2.83.